The van der Waals surface area contributed by atoms with Crippen LogP contribution in [0, 0.1) is 0 Å². The molecular formula is C48H40Cl2P2. The van der Waals surface area contributed by atoms with Gasteiger partial charge in [-0.05, 0) is 97.1 Å². The second kappa shape index (κ2) is 18.6. The molecule has 0 atom stereocenters. The van der Waals surface area contributed by atoms with E-state index in [0.29, 0.717) is 0 Å². The van der Waals surface area contributed by atoms with E-state index in [1.54, 1.807) is 0 Å². The van der Waals surface area contributed by atoms with Crippen molar-refractivity contribution in [3.05, 3.63) is 243 Å². The smallest absolute Gasteiger partial charge is 0.144 e. The lowest BCUT2D eigenvalue weighted by Gasteiger charge is -2.27. The van der Waals surface area contributed by atoms with Crippen molar-refractivity contribution in [1.29, 1.82) is 0 Å². The standard InChI is InChI=1S/2C24H20P.2ClH/c2*1-5-13-21(14-6-1)25(22-15-7-2-8-16-22,23-17-9-3-10-18-23)24-19-11-4-12-20-24;;/h2*1-20H;2*1H/q2*+1;;/p-2. The molecule has 0 nitrogen and oxygen atoms in total. The molecule has 0 fully saturated rings. The zero-order chi connectivity index (χ0) is 33.9. The number of hydrogen-bond acceptors (Lipinski definition) is 0. The Morgan fingerprint density at radius 2 is 0.250 bits per heavy atom. The number of hydrogen-bond donors (Lipinski definition) is 0. The van der Waals surface area contributed by atoms with Gasteiger partial charge >= 0.3 is 0 Å². The van der Waals surface area contributed by atoms with Crippen molar-refractivity contribution in [2.45, 2.75) is 0 Å². The van der Waals surface area contributed by atoms with Gasteiger partial charge in [0.2, 0.25) is 0 Å². The Morgan fingerprint density at radius 1 is 0.154 bits per heavy atom. The molecule has 0 aliphatic heterocycles. The summed E-state index contributed by atoms with van der Waals surface area (Å²) in [5, 5.41) is 11.1. The molecule has 0 N–H and O–H groups in total. The van der Waals surface area contributed by atoms with Crippen molar-refractivity contribution >= 4 is 57.0 Å². The van der Waals surface area contributed by atoms with E-state index in [4.69, 9.17) is 0 Å². The molecule has 8 aromatic rings. The quantitative estimate of drug-likeness (QED) is 0.210. The van der Waals surface area contributed by atoms with Gasteiger partial charge in [0, 0.05) is 0 Å². The number of benzene rings is 8. The lowest BCUT2D eigenvalue weighted by Crippen LogP contribution is -3.00. The largest absolute Gasteiger partial charge is 1.00 e. The summed E-state index contributed by atoms with van der Waals surface area (Å²) in [7, 11) is -3.81. The van der Waals surface area contributed by atoms with E-state index in [1.165, 1.54) is 42.4 Å². The minimum absolute atomic E-state index is 0. The first-order chi connectivity index (χ1) is 24.8. The lowest BCUT2D eigenvalue weighted by molar-refractivity contribution is -0.00100. The third-order valence-electron chi connectivity index (χ3n) is 9.15. The lowest BCUT2D eigenvalue weighted by atomic mass is 10.3. The summed E-state index contributed by atoms with van der Waals surface area (Å²) in [6.07, 6.45) is 0. The molecule has 0 heterocycles. The van der Waals surface area contributed by atoms with E-state index < -0.39 is 14.5 Å². The van der Waals surface area contributed by atoms with E-state index in [1.807, 2.05) is 0 Å². The molecule has 0 spiro atoms. The molecule has 0 aromatic heterocycles. The summed E-state index contributed by atoms with van der Waals surface area (Å²) in [4.78, 5) is 0. The molecule has 0 bridgehead atoms. The number of rotatable bonds is 8. The maximum Gasteiger partial charge on any atom is 0.144 e. The molecule has 0 saturated carbocycles. The monoisotopic (exact) mass is 748 g/mol. The van der Waals surface area contributed by atoms with Crippen molar-refractivity contribution in [2.75, 3.05) is 0 Å². The van der Waals surface area contributed by atoms with Gasteiger partial charge in [0.1, 0.15) is 57.0 Å². The van der Waals surface area contributed by atoms with Gasteiger partial charge in [-0.1, -0.05) is 146 Å². The summed E-state index contributed by atoms with van der Waals surface area (Å²) < 4.78 is 0. The zero-order valence-electron chi connectivity index (χ0n) is 28.7. The molecule has 0 aliphatic carbocycles. The van der Waals surface area contributed by atoms with E-state index in [-0.39, 0.29) is 24.8 Å². The normalized spacial score (nSPS) is 10.8. The second-order valence-electron chi connectivity index (χ2n) is 12.0. The Kier molecular flexibility index (Phi) is 13.8. The van der Waals surface area contributed by atoms with Gasteiger partial charge in [0.15, 0.2) is 0 Å². The van der Waals surface area contributed by atoms with E-state index in [0.717, 1.165) is 0 Å². The molecule has 52 heavy (non-hydrogen) atoms. The van der Waals surface area contributed by atoms with Gasteiger partial charge in [0.05, 0.1) is 0 Å². The van der Waals surface area contributed by atoms with Crippen LogP contribution >= 0.6 is 14.5 Å². The van der Waals surface area contributed by atoms with Gasteiger partial charge in [0.25, 0.3) is 0 Å². The topological polar surface area (TPSA) is 0 Å². The van der Waals surface area contributed by atoms with Crippen LogP contribution in [0.15, 0.2) is 243 Å². The van der Waals surface area contributed by atoms with Crippen molar-refractivity contribution in [1.82, 2.24) is 0 Å². The molecule has 0 amide bonds. The van der Waals surface area contributed by atoms with Crippen molar-refractivity contribution in [3.63, 3.8) is 0 Å². The molecule has 0 radical (unpaired) electrons. The Labute approximate surface area is 322 Å². The Hall–Kier alpha value is -4.80. The highest BCUT2D eigenvalue weighted by Gasteiger charge is 2.48. The first-order valence-corrected chi connectivity index (χ1v) is 20.7. The molecule has 8 rings (SSSR count). The summed E-state index contributed by atoms with van der Waals surface area (Å²) in [5.41, 5.74) is 0. The minimum atomic E-state index is -1.91. The van der Waals surface area contributed by atoms with Gasteiger partial charge < -0.3 is 24.8 Å². The maximum atomic E-state index is 2.28. The maximum absolute atomic E-state index is 2.28. The van der Waals surface area contributed by atoms with Crippen LogP contribution in [0.2, 0.25) is 0 Å². The molecule has 256 valence electrons. The summed E-state index contributed by atoms with van der Waals surface area (Å²) >= 11 is 0. The molecule has 0 unspecified atom stereocenters. The molecule has 0 saturated heterocycles. The highest BCUT2D eigenvalue weighted by Crippen LogP contribution is 2.55. The molecular weight excluding hydrogens is 709 g/mol. The second-order valence-corrected chi connectivity index (χ2v) is 18.8. The summed E-state index contributed by atoms with van der Waals surface area (Å²) in [5.74, 6) is 0. The van der Waals surface area contributed by atoms with Crippen LogP contribution in [0.3, 0.4) is 0 Å². The predicted octanol–water partition coefficient (Wildman–Crippen LogP) is 2.62. The zero-order valence-corrected chi connectivity index (χ0v) is 32.0. The van der Waals surface area contributed by atoms with Crippen LogP contribution in [-0.4, -0.2) is 0 Å². The van der Waals surface area contributed by atoms with Gasteiger partial charge in [-0.15, -0.1) is 0 Å². The Morgan fingerprint density at radius 3 is 0.346 bits per heavy atom. The Bertz CT molecular complexity index is 1680. The van der Waals surface area contributed by atoms with Crippen LogP contribution in [0.1, 0.15) is 0 Å². The van der Waals surface area contributed by atoms with Crippen LogP contribution in [0.4, 0.5) is 0 Å². The van der Waals surface area contributed by atoms with Crippen LogP contribution < -0.4 is 67.3 Å². The summed E-state index contributed by atoms with van der Waals surface area (Å²) in [6, 6.07) is 87.7. The molecule has 0 aliphatic rings. The van der Waals surface area contributed by atoms with Crippen molar-refractivity contribution < 1.29 is 24.8 Å². The highest BCUT2D eigenvalue weighted by atomic mass is 35.5. The summed E-state index contributed by atoms with van der Waals surface area (Å²) in [6.45, 7) is 0. The fourth-order valence-electron chi connectivity index (χ4n) is 7.00. The molecule has 8 aromatic carbocycles. The fourth-order valence-corrected chi connectivity index (χ4v) is 15.5. The van der Waals surface area contributed by atoms with Gasteiger partial charge in [-0.2, -0.15) is 0 Å². The van der Waals surface area contributed by atoms with Gasteiger partial charge in [-0.3, -0.25) is 0 Å². The van der Waals surface area contributed by atoms with E-state index in [2.05, 4.69) is 243 Å². The highest BCUT2D eigenvalue weighted by molar-refractivity contribution is 8.02. The first-order valence-electron chi connectivity index (χ1n) is 17.1. The third-order valence-corrected chi connectivity index (χ3v) is 17.7. The predicted molar refractivity (Wildman–Crippen MR) is 222 cm³/mol. The average Bonchev–Trinajstić information content (AvgIpc) is 3.22. The van der Waals surface area contributed by atoms with Gasteiger partial charge in [-0.25, -0.2) is 0 Å². The van der Waals surface area contributed by atoms with Crippen LogP contribution in [0.25, 0.3) is 0 Å². The van der Waals surface area contributed by atoms with Crippen molar-refractivity contribution in [3.8, 4) is 0 Å². The minimum Gasteiger partial charge on any atom is -1.00 e. The molecule has 4 heteroatoms. The number of halogens is 2. The van der Waals surface area contributed by atoms with E-state index in [9.17, 15) is 0 Å². The van der Waals surface area contributed by atoms with Crippen molar-refractivity contribution in [2.24, 2.45) is 0 Å². The van der Waals surface area contributed by atoms with Crippen LogP contribution in [0.5, 0.6) is 0 Å². The van der Waals surface area contributed by atoms with E-state index >= 15 is 0 Å². The first kappa shape index (κ1) is 38.4. The Balaban J connectivity index is 0.000000194. The third kappa shape index (κ3) is 7.68. The van der Waals surface area contributed by atoms with Crippen LogP contribution in [-0.2, 0) is 0 Å². The average molecular weight is 750 g/mol. The SMILES string of the molecule is [Cl-].[Cl-].c1ccc([P+](c2ccccc2)(c2ccccc2)c2ccccc2)cc1.c1ccc([P+](c2ccccc2)(c2ccccc2)c2ccccc2)cc1. The fraction of sp³-hybridized carbons (Fsp3) is 0.